The van der Waals surface area contributed by atoms with Gasteiger partial charge in [-0.2, -0.15) is 5.10 Å². The summed E-state index contributed by atoms with van der Waals surface area (Å²) in [4.78, 5) is 3.83. The van der Waals surface area contributed by atoms with E-state index >= 15 is 0 Å². The number of hydrogen-bond donors (Lipinski definition) is 1. The minimum atomic E-state index is -0.937. The molecule has 0 aliphatic heterocycles. The number of pyridine rings is 2. The maximum atomic E-state index is 12.8. The number of aliphatic hydroxyl groups is 1. The average Bonchev–Trinajstić information content (AvgIpc) is 2.93. The van der Waals surface area contributed by atoms with Crippen molar-refractivity contribution in [3.8, 4) is 5.75 Å². The molecule has 0 fully saturated rings. The normalized spacial score (nSPS) is 12.5. The largest absolute Gasteiger partial charge is 0.488 e. The first-order valence-electron chi connectivity index (χ1n) is 6.19. The van der Waals surface area contributed by atoms with Gasteiger partial charge in [0.1, 0.15) is 29.8 Å². The summed E-state index contributed by atoms with van der Waals surface area (Å²) in [6.07, 6.45) is 3.59. The van der Waals surface area contributed by atoms with Crippen molar-refractivity contribution in [2.24, 2.45) is 0 Å². The average molecular weight is 352 g/mol. The van der Waals surface area contributed by atoms with Crippen molar-refractivity contribution in [1.29, 1.82) is 0 Å². The molecule has 1 atom stereocenters. The van der Waals surface area contributed by atoms with Crippen LogP contribution in [0, 0.1) is 5.82 Å². The maximum absolute atomic E-state index is 12.8. The predicted molar refractivity (Wildman–Crippen MR) is 77.5 cm³/mol. The van der Waals surface area contributed by atoms with Gasteiger partial charge >= 0.3 is 0 Å². The molecule has 3 aromatic heterocycles. The van der Waals surface area contributed by atoms with E-state index in [0.717, 1.165) is 16.2 Å². The van der Waals surface area contributed by atoms with Crippen LogP contribution in [0.3, 0.4) is 0 Å². The molecule has 0 saturated heterocycles. The highest BCUT2D eigenvalue weighted by Crippen LogP contribution is 2.25. The highest BCUT2D eigenvalue weighted by atomic mass is 79.9. The summed E-state index contributed by atoms with van der Waals surface area (Å²) in [6.45, 7) is 0.00985. The molecule has 3 aromatic rings. The third-order valence-corrected chi connectivity index (χ3v) is 3.36. The summed E-state index contributed by atoms with van der Waals surface area (Å²) in [5.41, 5.74) is 1.15. The molecule has 0 radical (unpaired) electrons. The molecule has 0 aromatic carbocycles. The lowest BCUT2D eigenvalue weighted by Gasteiger charge is -2.13. The topological polar surface area (TPSA) is 59.7 Å². The number of halogens is 2. The van der Waals surface area contributed by atoms with Gasteiger partial charge in [0.25, 0.3) is 0 Å². The Morgan fingerprint density at radius 2 is 2.24 bits per heavy atom. The lowest BCUT2D eigenvalue weighted by atomic mass is 10.2. The molecule has 1 N–H and O–H groups in total. The van der Waals surface area contributed by atoms with E-state index in [0.29, 0.717) is 11.4 Å². The van der Waals surface area contributed by atoms with Crippen LogP contribution in [-0.4, -0.2) is 26.3 Å². The van der Waals surface area contributed by atoms with Gasteiger partial charge in [0.2, 0.25) is 0 Å². The third kappa shape index (κ3) is 3.03. The fourth-order valence-corrected chi connectivity index (χ4v) is 2.32. The van der Waals surface area contributed by atoms with Crippen LogP contribution < -0.4 is 4.74 Å². The van der Waals surface area contributed by atoms with E-state index in [9.17, 15) is 9.50 Å². The Morgan fingerprint density at radius 1 is 1.38 bits per heavy atom. The summed E-state index contributed by atoms with van der Waals surface area (Å²) in [7, 11) is 0. The SMILES string of the molecule is OC(COc1cc(Br)cn2nccc12)c1ccc(F)cn1. The Kier molecular flexibility index (Phi) is 3.85. The Balaban J connectivity index is 1.77. The van der Waals surface area contributed by atoms with Crippen LogP contribution >= 0.6 is 15.9 Å². The van der Waals surface area contributed by atoms with Crippen molar-refractivity contribution >= 4 is 21.4 Å². The first kappa shape index (κ1) is 14.0. The van der Waals surface area contributed by atoms with Crippen molar-refractivity contribution in [1.82, 2.24) is 14.6 Å². The van der Waals surface area contributed by atoms with Gasteiger partial charge in [-0.25, -0.2) is 8.91 Å². The number of fused-ring (bicyclic) bond motifs is 1. The van der Waals surface area contributed by atoms with Crippen LogP contribution in [0.15, 0.2) is 47.3 Å². The zero-order valence-electron chi connectivity index (χ0n) is 10.8. The molecule has 0 aliphatic carbocycles. The number of aliphatic hydroxyl groups excluding tert-OH is 1. The number of rotatable bonds is 4. The minimum absolute atomic E-state index is 0.00985. The van der Waals surface area contributed by atoms with E-state index in [4.69, 9.17) is 4.74 Å². The van der Waals surface area contributed by atoms with Gasteiger partial charge in [-0.15, -0.1) is 0 Å². The van der Waals surface area contributed by atoms with Crippen LogP contribution in [0.4, 0.5) is 4.39 Å². The van der Waals surface area contributed by atoms with Crippen LogP contribution in [0.25, 0.3) is 5.52 Å². The number of nitrogens with zero attached hydrogens (tertiary/aromatic N) is 3. The van der Waals surface area contributed by atoms with Crippen LogP contribution in [-0.2, 0) is 0 Å². The van der Waals surface area contributed by atoms with Gasteiger partial charge in [0, 0.05) is 10.7 Å². The zero-order valence-corrected chi connectivity index (χ0v) is 12.4. The second kappa shape index (κ2) is 5.79. The Morgan fingerprint density at radius 3 is 3.00 bits per heavy atom. The van der Waals surface area contributed by atoms with Gasteiger partial charge in [-0.3, -0.25) is 4.98 Å². The van der Waals surface area contributed by atoms with E-state index in [1.54, 1.807) is 23.0 Å². The van der Waals surface area contributed by atoms with Crippen molar-refractivity contribution in [3.63, 3.8) is 0 Å². The van der Waals surface area contributed by atoms with Crippen molar-refractivity contribution in [2.75, 3.05) is 6.61 Å². The Hall–Kier alpha value is -1.99. The van der Waals surface area contributed by atoms with Crippen molar-refractivity contribution in [3.05, 3.63) is 58.8 Å². The van der Waals surface area contributed by atoms with Crippen molar-refractivity contribution < 1.29 is 14.2 Å². The highest BCUT2D eigenvalue weighted by molar-refractivity contribution is 9.10. The molecular formula is C14H11BrFN3O2. The standard InChI is InChI=1S/C14H11BrFN3O2/c15-9-5-14(12-3-4-18-19(12)7-9)21-8-13(20)11-2-1-10(16)6-17-11/h1-7,13,20H,8H2. The fraction of sp³-hybridized carbons (Fsp3) is 0.143. The second-order valence-electron chi connectivity index (χ2n) is 4.41. The van der Waals surface area contributed by atoms with E-state index in [1.807, 2.05) is 6.07 Å². The second-order valence-corrected chi connectivity index (χ2v) is 5.33. The molecule has 5 nitrogen and oxygen atoms in total. The fourth-order valence-electron chi connectivity index (χ4n) is 1.92. The molecule has 0 aliphatic rings. The third-order valence-electron chi connectivity index (χ3n) is 2.93. The molecule has 21 heavy (non-hydrogen) atoms. The molecule has 3 rings (SSSR count). The molecule has 0 saturated carbocycles. The summed E-state index contributed by atoms with van der Waals surface area (Å²) in [6, 6.07) is 6.28. The quantitative estimate of drug-likeness (QED) is 0.785. The molecule has 0 spiro atoms. The van der Waals surface area contributed by atoms with Crippen molar-refractivity contribution in [2.45, 2.75) is 6.10 Å². The molecule has 1 unspecified atom stereocenters. The van der Waals surface area contributed by atoms with Gasteiger partial charge in [0.15, 0.2) is 0 Å². The Bertz CT molecular complexity index is 761. The lowest BCUT2D eigenvalue weighted by Crippen LogP contribution is -2.11. The molecule has 0 bridgehead atoms. The van der Waals surface area contributed by atoms with Gasteiger partial charge in [-0.1, -0.05) is 0 Å². The van der Waals surface area contributed by atoms with E-state index in [1.165, 1.54) is 12.1 Å². The van der Waals surface area contributed by atoms with E-state index in [-0.39, 0.29) is 6.61 Å². The predicted octanol–water partition coefficient (Wildman–Crippen LogP) is 2.74. The lowest BCUT2D eigenvalue weighted by molar-refractivity contribution is 0.105. The summed E-state index contributed by atoms with van der Waals surface area (Å²) in [5, 5.41) is 14.1. The Labute approximate surface area is 128 Å². The van der Waals surface area contributed by atoms with Gasteiger partial charge < -0.3 is 9.84 Å². The number of hydrogen-bond acceptors (Lipinski definition) is 4. The first-order chi connectivity index (χ1) is 10.1. The van der Waals surface area contributed by atoms with Crippen LogP contribution in [0.5, 0.6) is 5.75 Å². The highest BCUT2D eigenvalue weighted by Gasteiger charge is 2.12. The summed E-state index contributed by atoms with van der Waals surface area (Å²) in [5.74, 6) is 0.142. The van der Waals surface area contributed by atoms with Crippen LogP contribution in [0.1, 0.15) is 11.8 Å². The molecule has 7 heteroatoms. The smallest absolute Gasteiger partial charge is 0.146 e. The zero-order chi connectivity index (χ0) is 14.8. The first-order valence-corrected chi connectivity index (χ1v) is 6.98. The van der Waals surface area contributed by atoms with E-state index < -0.39 is 11.9 Å². The molecule has 3 heterocycles. The summed E-state index contributed by atoms with van der Waals surface area (Å²) < 4.78 is 20.9. The molecular weight excluding hydrogens is 341 g/mol. The summed E-state index contributed by atoms with van der Waals surface area (Å²) >= 11 is 3.37. The number of aromatic nitrogens is 3. The van der Waals surface area contributed by atoms with Gasteiger partial charge in [-0.05, 0) is 40.2 Å². The molecule has 0 amide bonds. The van der Waals surface area contributed by atoms with Gasteiger partial charge in [0.05, 0.1) is 18.1 Å². The van der Waals surface area contributed by atoms with E-state index in [2.05, 4.69) is 26.0 Å². The monoisotopic (exact) mass is 351 g/mol. The minimum Gasteiger partial charge on any atom is -0.488 e. The molecule has 108 valence electrons. The maximum Gasteiger partial charge on any atom is 0.146 e. The van der Waals surface area contributed by atoms with Crippen LogP contribution in [0.2, 0.25) is 0 Å². The number of ether oxygens (including phenoxy) is 1.